The molecule has 0 fully saturated rings. The molecule has 1 aromatic rings. The Bertz CT molecular complexity index is 337. The summed E-state index contributed by atoms with van der Waals surface area (Å²) < 4.78 is 12.7. The van der Waals surface area contributed by atoms with Gasteiger partial charge in [-0.3, -0.25) is 0 Å². The standard InChI is InChI=1S/C15H24FNO/c1-11(2)4-5-12(3)17-10-15(18)13-6-8-14(16)9-7-13/h6-9,11-12,15,17-18H,4-5,10H2,1-3H3. The van der Waals surface area contributed by atoms with Gasteiger partial charge in [0.15, 0.2) is 0 Å². The van der Waals surface area contributed by atoms with Gasteiger partial charge < -0.3 is 10.4 Å². The Balaban J connectivity index is 2.32. The fourth-order valence-corrected chi connectivity index (χ4v) is 1.80. The number of rotatable bonds is 7. The lowest BCUT2D eigenvalue weighted by atomic mass is 10.0. The molecule has 2 atom stereocenters. The van der Waals surface area contributed by atoms with Crippen molar-refractivity contribution in [3.05, 3.63) is 35.6 Å². The summed E-state index contributed by atoms with van der Waals surface area (Å²) in [4.78, 5) is 0. The fourth-order valence-electron chi connectivity index (χ4n) is 1.80. The topological polar surface area (TPSA) is 32.3 Å². The summed E-state index contributed by atoms with van der Waals surface area (Å²) in [5, 5.41) is 13.3. The highest BCUT2D eigenvalue weighted by Crippen LogP contribution is 2.13. The van der Waals surface area contributed by atoms with Crippen molar-refractivity contribution in [2.24, 2.45) is 5.92 Å². The molecule has 0 spiro atoms. The molecule has 0 aromatic heterocycles. The second-order valence-corrected chi connectivity index (χ2v) is 5.35. The van der Waals surface area contributed by atoms with Gasteiger partial charge in [-0.25, -0.2) is 4.39 Å². The van der Waals surface area contributed by atoms with E-state index in [2.05, 4.69) is 26.1 Å². The normalized spacial score (nSPS) is 14.8. The van der Waals surface area contributed by atoms with Gasteiger partial charge in [0.25, 0.3) is 0 Å². The fraction of sp³-hybridized carbons (Fsp3) is 0.600. The van der Waals surface area contributed by atoms with Gasteiger partial charge in [-0.2, -0.15) is 0 Å². The van der Waals surface area contributed by atoms with Gasteiger partial charge in [-0.1, -0.05) is 26.0 Å². The minimum absolute atomic E-state index is 0.274. The van der Waals surface area contributed by atoms with Crippen LogP contribution >= 0.6 is 0 Å². The van der Waals surface area contributed by atoms with E-state index in [0.717, 1.165) is 12.0 Å². The molecule has 0 radical (unpaired) electrons. The predicted molar refractivity (Wildman–Crippen MR) is 72.9 cm³/mol. The predicted octanol–water partition coefficient (Wildman–Crippen LogP) is 3.27. The number of nitrogens with one attached hydrogen (secondary N) is 1. The number of benzene rings is 1. The van der Waals surface area contributed by atoms with Gasteiger partial charge >= 0.3 is 0 Å². The van der Waals surface area contributed by atoms with E-state index in [9.17, 15) is 9.50 Å². The maximum atomic E-state index is 12.7. The van der Waals surface area contributed by atoms with E-state index in [1.54, 1.807) is 12.1 Å². The van der Waals surface area contributed by atoms with E-state index in [1.165, 1.54) is 18.6 Å². The molecule has 1 rings (SSSR count). The molecule has 0 amide bonds. The molecule has 2 nitrogen and oxygen atoms in total. The summed E-state index contributed by atoms with van der Waals surface area (Å²) in [6.45, 7) is 7.05. The highest BCUT2D eigenvalue weighted by atomic mass is 19.1. The summed E-state index contributed by atoms with van der Waals surface area (Å²) in [7, 11) is 0. The largest absolute Gasteiger partial charge is 0.387 e. The van der Waals surface area contributed by atoms with Crippen molar-refractivity contribution in [2.75, 3.05) is 6.54 Å². The van der Waals surface area contributed by atoms with Crippen LogP contribution in [0, 0.1) is 11.7 Å². The molecule has 0 bridgehead atoms. The second kappa shape index (κ2) is 7.49. The molecule has 102 valence electrons. The van der Waals surface area contributed by atoms with Crippen molar-refractivity contribution < 1.29 is 9.50 Å². The third-order valence-electron chi connectivity index (χ3n) is 3.09. The molecule has 0 saturated carbocycles. The number of hydrogen-bond acceptors (Lipinski definition) is 2. The van der Waals surface area contributed by atoms with Crippen LogP contribution < -0.4 is 5.32 Å². The summed E-state index contributed by atoms with van der Waals surface area (Å²) in [6.07, 6.45) is 1.71. The zero-order valence-electron chi connectivity index (χ0n) is 11.5. The first-order valence-corrected chi connectivity index (χ1v) is 6.66. The first-order valence-electron chi connectivity index (χ1n) is 6.66. The van der Waals surface area contributed by atoms with Crippen molar-refractivity contribution >= 4 is 0 Å². The van der Waals surface area contributed by atoms with Crippen LogP contribution in [0.25, 0.3) is 0 Å². The molecule has 3 heteroatoms. The Hall–Kier alpha value is -0.930. The summed E-state index contributed by atoms with van der Waals surface area (Å²) in [5.41, 5.74) is 0.750. The maximum absolute atomic E-state index is 12.7. The van der Waals surface area contributed by atoms with Crippen LogP contribution in [0.2, 0.25) is 0 Å². The number of aliphatic hydroxyl groups excluding tert-OH is 1. The molecule has 0 saturated heterocycles. The Morgan fingerprint density at radius 2 is 1.72 bits per heavy atom. The summed E-state index contributed by atoms with van der Waals surface area (Å²) >= 11 is 0. The van der Waals surface area contributed by atoms with Crippen LogP contribution in [0.4, 0.5) is 4.39 Å². The Labute approximate surface area is 109 Å². The van der Waals surface area contributed by atoms with Gasteiger partial charge in [0.1, 0.15) is 5.82 Å². The molecule has 2 N–H and O–H groups in total. The summed E-state index contributed by atoms with van der Waals surface area (Å²) in [5.74, 6) is 0.431. The average molecular weight is 253 g/mol. The smallest absolute Gasteiger partial charge is 0.123 e. The van der Waals surface area contributed by atoms with Gasteiger partial charge in [0.05, 0.1) is 6.10 Å². The van der Waals surface area contributed by atoms with Crippen molar-refractivity contribution in [3.8, 4) is 0 Å². The molecule has 0 aliphatic heterocycles. The molecule has 0 aliphatic rings. The van der Waals surface area contributed by atoms with Crippen LogP contribution in [0.3, 0.4) is 0 Å². The second-order valence-electron chi connectivity index (χ2n) is 5.35. The lowest BCUT2D eigenvalue weighted by molar-refractivity contribution is 0.169. The van der Waals surface area contributed by atoms with E-state index in [1.807, 2.05) is 0 Å². The van der Waals surface area contributed by atoms with Crippen LogP contribution in [-0.2, 0) is 0 Å². The Morgan fingerprint density at radius 3 is 2.28 bits per heavy atom. The molecule has 0 heterocycles. The maximum Gasteiger partial charge on any atom is 0.123 e. The van der Waals surface area contributed by atoms with E-state index in [-0.39, 0.29) is 5.82 Å². The third kappa shape index (κ3) is 5.61. The van der Waals surface area contributed by atoms with Gasteiger partial charge in [0, 0.05) is 12.6 Å². The number of hydrogen-bond donors (Lipinski definition) is 2. The van der Waals surface area contributed by atoms with Crippen LogP contribution in [0.15, 0.2) is 24.3 Å². The molecular weight excluding hydrogens is 229 g/mol. The van der Waals surface area contributed by atoms with Crippen LogP contribution in [0.5, 0.6) is 0 Å². The Kier molecular flexibility index (Phi) is 6.30. The van der Waals surface area contributed by atoms with Crippen molar-refractivity contribution in [1.29, 1.82) is 0 Å². The van der Waals surface area contributed by atoms with Gasteiger partial charge in [-0.05, 0) is 43.4 Å². The summed E-state index contributed by atoms with van der Waals surface area (Å²) in [6, 6.07) is 6.39. The minimum atomic E-state index is -0.577. The van der Waals surface area contributed by atoms with Gasteiger partial charge in [-0.15, -0.1) is 0 Å². The number of aliphatic hydroxyl groups is 1. The molecule has 0 aliphatic carbocycles. The van der Waals surface area contributed by atoms with Crippen LogP contribution in [0.1, 0.15) is 45.3 Å². The SMILES string of the molecule is CC(C)CCC(C)NCC(O)c1ccc(F)cc1. The monoisotopic (exact) mass is 253 g/mol. The first-order chi connectivity index (χ1) is 8.49. The van der Waals surface area contributed by atoms with Crippen LogP contribution in [-0.4, -0.2) is 17.7 Å². The lowest BCUT2D eigenvalue weighted by Crippen LogP contribution is -2.30. The van der Waals surface area contributed by atoms with Crippen molar-refractivity contribution in [3.63, 3.8) is 0 Å². The average Bonchev–Trinajstić information content (AvgIpc) is 2.34. The van der Waals surface area contributed by atoms with Gasteiger partial charge in [0.2, 0.25) is 0 Å². The molecular formula is C15H24FNO. The van der Waals surface area contributed by atoms with E-state index >= 15 is 0 Å². The molecule has 18 heavy (non-hydrogen) atoms. The highest BCUT2D eigenvalue weighted by molar-refractivity contribution is 5.18. The lowest BCUT2D eigenvalue weighted by Gasteiger charge is -2.18. The molecule has 1 aromatic carbocycles. The quantitative estimate of drug-likeness (QED) is 0.781. The van der Waals surface area contributed by atoms with E-state index < -0.39 is 6.10 Å². The number of halogens is 1. The highest BCUT2D eigenvalue weighted by Gasteiger charge is 2.09. The zero-order chi connectivity index (χ0) is 13.5. The first kappa shape index (κ1) is 15.1. The minimum Gasteiger partial charge on any atom is -0.387 e. The van der Waals surface area contributed by atoms with Crippen molar-refractivity contribution in [2.45, 2.75) is 45.8 Å². The van der Waals surface area contributed by atoms with Crippen molar-refractivity contribution in [1.82, 2.24) is 5.32 Å². The van der Waals surface area contributed by atoms with E-state index in [4.69, 9.17) is 0 Å². The zero-order valence-corrected chi connectivity index (χ0v) is 11.5. The Morgan fingerprint density at radius 1 is 1.11 bits per heavy atom. The third-order valence-corrected chi connectivity index (χ3v) is 3.09. The molecule has 2 unspecified atom stereocenters. The van der Waals surface area contributed by atoms with E-state index in [0.29, 0.717) is 18.5 Å².